The van der Waals surface area contributed by atoms with E-state index in [4.69, 9.17) is 21.6 Å². The Hall–Kier alpha value is -3.36. The first-order valence-corrected chi connectivity index (χ1v) is 8.52. The van der Waals surface area contributed by atoms with Crippen LogP contribution in [0.15, 0.2) is 54.6 Å². The van der Waals surface area contributed by atoms with E-state index in [1.165, 1.54) is 19.1 Å². The third-order valence-corrected chi connectivity index (χ3v) is 4.29. The van der Waals surface area contributed by atoms with E-state index < -0.39 is 5.91 Å². The van der Waals surface area contributed by atoms with Gasteiger partial charge in [-0.3, -0.25) is 9.59 Å². The second-order valence-electron chi connectivity index (χ2n) is 5.86. The van der Waals surface area contributed by atoms with Crippen LogP contribution in [0.25, 0.3) is 10.8 Å². The number of nitrogens with one attached hydrogen (secondary N) is 1. The number of hydrogen-bond donors (Lipinski definition) is 1. The Morgan fingerprint density at radius 2 is 1.93 bits per heavy atom. The second-order valence-corrected chi connectivity index (χ2v) is 6.27. The fraction of sp³-hybridized carbons (Fsp3) is 0.0952. The van der Waals surface area contributed by atoms with Gasteiger partial charge in [-0.25, -0.2) is 0 Å². The fourth-order valence-electron chi connectivity index (χ4n) is 2.69. The van der Waals surface area contributed by atoms with Crippen LogP contribution in [0.2, 0.25) is 5.02 Å². The topological polar surface area (TPSA) is 79.2 Å². The lowest BCUT2D eigenvalue weighted by Crippen LogP contribution is -2.21. The highest BCUT2D eigenvalue weighted by molar-refractivity contribution is 6.32. The fourth-order valence-corrected chi connectivity index (χ4v) is 2.92. The van der Waals surface area contributed by atoms with Crippen molar-refractivity contribution < 1.29 is 14.3 Å². The van der Waals surface area contributed by atoms with E-state index >= 15 is 0 Å². The van der Waals surface area contributed by atoms with E-state index in [1.807, 2.05) is 36.4 Å². The number of halogens is 1. The Bertz CT molecular complexity index is 1090. The molecule has 27 heavy (non-hydrogen) atoms. The molecule has 0 heterocycles. The molecule has 6 heteroatoms. The van der Waals surface area contributed by atoms with Gasteiger partial charge in [-0.05, 0) is 36.6 Å². The van der Waals surface area contributed by atoms with Crippen LogP contribution in [0.4, 0.5) is 5.69 Å². The van der Waals surface area contributed by atoms with E-state index in [-0.39, 0.29) is 17.4 Å². The number of carbonyl (C=O) groups excluding carboxylic acids is 2. The molecule has 3 aromatic carbocycles. The molecule has 0 aliphatic rings. The number of ether oxygens (including phenoxy) is 1. The Kier molecular flexibility index (Phi) is 5.39. The predicted molar refractivity (Wildman–Crippen MR) is 104 cm³/mol. The third kappa shape index (κ3) is 4.08. The minimum absolute atomic E-state index is 0.143. The van der Waals surface area contributed by atoms with Gasteiger partial charge >= 0.3 is 0 Å². The minimum Gasteiger partial charge on any atom is -0.482 e. The maximum Gasteiger partial charge on any atom is 0.262 e. The Morgan fingerprint density at radius 1 is 1.15 bits per heavy atom. The summed E-state index contributed by atoms with van der Waals surface area (Å²) in [5.74, 6) is -0.165. The molecule has 3 rings (SSSR count). The van der Waals surface area contributed by atoms with Crippen LogP contribution in [0, 0.1) is 11.3 Å². The van der Waals surface area contributed by atoms with Gasteiger partial charge in [0.15, 0.2) is 12.4 Å². The summed E-state index contributed by atoms with van der Waals surface area (Å²) >= 11 is 5.96. The SMILES string of the molecule is CC(=O)c1ccc2ccccc2c1OCC(=O)Nc1ccc(C#N)c(Cl)c1. The molecule has 0 aromatic heterocycles. The molecular formula is C21H15ClN2O3. The highest BCUT2D eigenvalue weighted by Crippen LogP contribution is 2.30. The van der Waals surface area contributed by atoms with Gasteiger partial charge < -0.3 is 10.1 Å². The van der Waals surface area contributed by atoms with Crippen LogP contribution in [-0.4, -0.2) is 18.3 Å². The monoisotopic (exact) mass is 378 g/mol. The summed E-state index contributed by atoms with van der Waals surface area (Å²) in [6, 6.07) is 17.6. The summed E-state index contributed by atoms with van der Waals surface area (Å²) < 4.78 is 5.70. The number of benzene rings is 3. The normalized spacial score (nSPS) is 10.3. The number of nitriles is 1. The molecule has 3 aromatic rings. The summed E-state index contributed by atoms with van der Waals surface area (Å²) in [5, 5.41) is 13.5. The van der Waals surface area contributed by atoms with Gasteiger partial charge in [0.2, 0.25) is 0 Å². The van der Waals surface area contributed by atoms with Crippen molar-refractivity contribution in [3.63, 3.8) is 0 Å². The quantitative estimate of drug-likeness (QED) is 0.659. The van der Waals surface area contributed by atoms with Gasteiger partial charge in [-0.15, -0.1) is 0 Å². The Morgan fingerprint density at radius 3 is 2.63 bits per heavy atom. The van der Waals surface area contributed by atoms with Crippen LogP contribution in [-0.2, 0) is 4.79 Å². The number of hydrogen-bond acceptors (Lipinski definition) is 4. The van der Waals surface area contributed by atoms with Crippen molar-refractivity contribution in [2.24, 2.45) is 0 Å². The van der Waals surface area contributed by atoms with E-state index in [1.54, 1.807) is 12.1 Å². The molecule has 0 atom stereocenters. The van der Waals surface area contributed by atoms with Gasteiger partial charge in [0.05, 0.1) is 16.1 Å². The number of anilines is 1. The summed E-state index contributed by atoms with van der Waals surface area (Å²) in [5.41, 5.74) is 1.20. The van der Waals surface area contributed by atoms with Crippen molar-refractivity contribution in [3.8, 4) is 11.8 Å². The smallest absolute Gasteiger partial charge is 0.262 e. The zero-order valence-electron chi connectivity index (χ0n) is 14.5. The van der Waals surface area contributed by atoms with E-state index in [2.05, 4.69) is 5.32 Å². The molecule has 134 valence electrons. The van der Waals surface area contributed by atoms with Gasteiger partial charge in [0.25, 0.3) is 5.91 Å². The molecule has 0 aliphatic carbocycles. The number of amides is 1. The summed E-state index contributed by atoms with van der Waals surface area (Å²) in [4.78, 5) is 24.2. The van der Waals surface area contributed by atoms with Crippen molar-refractivity contribution in [1.29, 1.82) is 5.26 Å². The molecule has 0 fully saturated rings. The van der Waals surface area contributed by atoms with Gasteiger partial charge in [0.1, 0.15) is 11.8 Å². The van der Waals surface area contributed by atoms with E-state index in [0.717, 1.165) is 10.8 Å². The minimum atomic E-state index is -0.404. The number of rotatable bonds is 5. The summed E-state index contributed by atoms with van der Waals surface area (Å²) in [6.45, 7) is 1.18. The molecule has 0 bridgehead atoms. The van der Waals surface area contributed by atoms with Crippen molar-refractivity contribution in [1.82, 2.24) is 0 Å². The van der Waals surface area contributed by atoms with Crippen LogP contribution in [0.1, 0.15) is 22.8 Å². The number of carbonyl (C=O) groups is 2. The van der Waals surface area contributed by atoms with Crippen LogP contribution < -0.4 is 10.1 Å². The first-order chi connectivity index (χ1) is 13.0. The van der Waals surface area contributed by atoms with Gasteiger partial charge in [-0.1, -0.05) is 41.9 Å². The number of fused-ring (bicyclic) bond motifs is 1. The van der Waals surface area contributed by atoms with Crippen molar-refractivity contribution >= 4 is 39.8 Å². The number of ketones is 1. The molecule has 1 amide bonds. The van der Waals surface area contributed by atoms with Gasteiger partial charge in [-0.2, -0.15) is 5.26 Å². The second kappa shape index (κ2) is 7.90. The Balaban J connectivity index is 1.79. The lowest BCUT2D eigenvalue weighted by molar-refractivity contribution is -0.118. The molecule has 0 saturated heterocycles. The highest BCUT2D eigenvalue weighted by Gasteiger charge is 2.14. The van der Waals surface area contributed by atoms with Crippen LogP contribution in [0.5, 0.6) is 5.75 Å². The van der Waals surface area contributed by atoms with Gasteiger partial charge in [0, 0.05) is 11.1 Å². The maximum atomic E-state index is 12.2. The standard InChI is InChI=1S/C21H15ClN2O3/c1-13(25)17-9-7-14-4-2-3-5-18(14)21(17)27-12-20(26)24-16-8-6-15(11-23)19(22)10-16/h2-10H,12H2,1H3,(H,24,26). The van der Waals surface area contributed by atoms with Crippen molar-refractivity contribution in [2.75, 3.05) is 11.9 Å². The molecular weight excluding hydrogens is 364 g/mol. The van der Waals surface area contributed by atoms with Crippen molar-refractivity contribution in [3.05, 3.63) is 70.7 Å². The average molecular weight is 379 g/mol. The lowest BCUT2D eigenvalue weighted by Gasteiger charge is -2.13. The molecule has 0 saturated carbocycles. The maximum absolute atomic E-state index is 12.2. The molecule has 0 unspecified atom stereocenters. The number of nitrogens with zero attached hydrogens (tertiary/aromatic N) is 1. The third-order valence-electron chi connectivity index (χ3n) is 3.98. The largest absolute Gasteiger partial charge is 0.482 e. The zero-order chi connectivity index (χ0) is 19.4. The van der Waals surface area contributed by atoms with E-state index in [9.17, 15) is 9.59 Å². The number of Topliss-reactive ketones (excluding diaryl/α,β-unsaturated/α-hetero) is 1. The predicted octanol–water partition coefficient (Wildman–Crippen LogP) is 4.58. The first-order valence-electron chi connectivity index (χ1n) is 8.14. The summed E-state index contributed by atoms with van der Waals surface area (Å²) in [6.07, 6.45) is 0. The molecule has 5 nitrogen and oxygen atoms in total. The van der Waals surface area contributed by atoms with Crippen molar-refractivity contribution in [2.45, 2.75) is 6.92 Å². The molecule has 0 radical (unpaired) electrons. The van der Waals surface area contributed by atoms with Crippen LogP contribution >= 0.6 is 11.6 Å². The molecule has 1 N–H and O–H groups in total. The molecule has 0 spiro atoms. The zero-order valence-corrected chi connectivity index (χ0v) is 15.2. The first kappa shape index (κ1) is 18.4. The summed E-state index contributed by atoms with van der Waals surface area (Å²) in [7, 11) is 0. The lowest BCUT2D eigenvalue weighted by atomic mass is 10.0. The highest BCUT2D eigenvalue weighted by atomic mass is 35.5. The van der Waals surface area contributed by atoms with E-state index in [0.29, 0.717) is 22.6 Å². The Labute approximate surface area is 161 Å². The van der Waals surface area contributed by atoms with Crippen LogP contribution in [0.3, 0.4) is 0 Å². The average Bonchev–Trinajstić information content (AvgIpc) is 2.66. The molecule has 0 aliphatic heterocycles.